The third kappa shape index (κ3) is 3.78. The normalized spacial score (nSPS) is 33.1. The van der Waals surface area contributed by atoms with Crippen LogP contribution in [0.4, 0.5) is 0 Å². The summed E-state index contributed by atoms with van der Waals surface area (Å²) in [5.41, 5.74) is 0. The topological polar surface area (TPSA) is 35.6 Å². The van der Waals surface area contributed by atoms with Gasteiger partial charge in [-0.2, -0.15) is 0 Å². The highest BCUT2D eigenvalue weighted by Gasteiger charge is 2.32. The van der Waals surface area contributed by atoms with Gasteiger partial charge in [-0.1, -0.05) is 13.3 Å². The van der Waals surface area contributed by atoms with E-state index in [4.69, 9.17) is 0 Å². The molecule has 3 rings (SSSR count). The smallest absolute Gasteiger partial charge is 0.226 e. The maximum atomic E-state index is 12.7. The predicted octanol–water partition coefficient (Wildman–Crippen LogP) is 1.71. The third-order valence-corrected chi connectivity index (χ3v) is 5.60. The number of likely N-dealkylation sites (tertiary alicyclic amines) is 2. The minimum Gasteiger partial charge on any atom is -0.342 e. The Hall–Kier alpha value is -0.610. The summed E-state index contributed by atoms with van der Waals surface area (Å²) in [5, 5.41) is 3.41. The van der Waals surface area contributed by atoms with Gasteiger partial charge >= 0.3 is 0 Å². The van der Waals surface area contributed by atoms with Gasteiger partial charge in [0.15, 0.2) is 0 Å². The summed E-state index contributed by atoms with van der Waals surface area (Å²) in [6.07, 6.45) is 7.57. The number of hydrogen-bond donors (Lipinski definition) is 1. The maximum absolute atomic E-state index is 12.7. The summed E-state index contributed by atoms with van der Waals surface area (Å²) in [6, 6.07) is 0.734. The van der Waals surface area contributed by atoms with Crippen LogP contribution in [0.25, 0.3) is 0 Å². The van der Waals surface area contributed by atoms with Gasteiger partial charge in [0.25, 0.3) is 0 Å². The molecule has 3 aliphatic heterocycles. The zero-order valence-corrected chi connectivity index (χ0v) is 13.5. The highest BCUT2D eigenvalue weighted by atomic mass is 16.2. The molecule has 4 nitrogen and oxygen atoms in total. The molecule has 0 aromatic heterocycles. The molecule has 1 N–H and O–H groups in total. The molecule has 0 bridgehead atoms. The SMILES string of the molecule is CC1CNCC(C(=O)N2CCC(N3CCCCC3)CC2)C1. The summed E-state index contributed by atoms with van der Waals surface area (Å²) in [5.74, 6) is 1.27. The number of amides is 1. The summed E-state index contributed by atoms with van der Waals surface area (Å²) in [6.45, 7) is 8.71. The number of rotatable bonds is 2. The van der Waals surface area contributed by atoms with Gasteiger partial charge in [0.1, 0.15) is 0 Å². The monoisotopic (exact) mass is 293 g/mol. The Labute approximate surface area is 129 Å². The van der Waals surface area contributed by atoms with E-state index >= 15 is 0 Å². The molecule has 0 aromatic carbocycles. The van der Waals surface area contributed by atoms with Crippen molar-refractivity contribution in [1.29, 1.82) is 0 Å². The molecule has 21 heavy (non-hydrogen) atoms. The van der Waals surface area contributed by atoms with E-state index in [1.54, 1.807) is 0 Å². The third-order valence-electron chi connectivity index (χ3n) is 5.60. The molecule has 2 atom stereocenters. The molecule has 1 amide bonds. The summed E-state index contributed by atoms with van der Waals surface area (Å²) >= 11 is 0. The molecule has 0 aliphatic carbocycles. The Kier molecular flexibility index (Phi) is 5.17. The van der Waals surface area contributed by atoms with Crippen LogP contribution >= 0.6 is 0 Å². The molecule has 3 heterocycles. The van der Waals surface area contributed by atoms with E-state index in [1.807, 2.05) is 0 Å². The first-order valence-electron chi connectivity index (χ1n) is 8.97. The van der Waals surface area contributed by atoms with Crippen LogP contribution in [0.3, 0.4) is 0 Å². The first kappa shape index (κ1) is 15.3. The average molecular weight is 293 g/mol. The summed E-state index contributed by atoms with van der Waals surface area (Å²) in [7, 11) is 0. The van der Waals surface area contributed by atoms with E-state index in [2.05, 4.69) is 22.0 Å². The Morgan fingerprint density at radius 3 is 2.38 bits per heavy atom. The Bertz CT molecular complexity index is 346. The van der Waals surface area contributed by atoms with Crippen LogP contribution in [-0.4, -0.2) is 61.0 Å². The summed E-state index contributed by atoms with van der Waals surface area (Å²) < 4.78 is 0. The van der Waals surface area contributed by atoms with Crippen molar-refractivity contribution in [3.8, 4) is 0 Å². The molecule has 120 valence electrons. The fourth-order valence-electron chi connectivity index (χ4n) is 4.34. The minimum absolute atomic E-state index is 0.222. The molecule has 0 aromatic rings. The van der Waals surface area contributed by atoms with Crippen molar-refractivity contribution in [1.82, 2.24) is 15.1 Å². The Balaban J connectivity index is 1.47. The second-order valence-corrected chi connectivity index (χ2v) is 7.35. The predicted molar refractivity (Wildman–Crippen MR) is 85.2 cm³/mol. The lowest BCUT2D eigenvalue weighted by Crippen LogP contribution is -2.51. The van der Waals surface area contributed by atoms with Crippen molar-refractivity contribution in [3.63, 3.8) is 0 Å². The number of nitrogens with one attached hydrogen (secondary N) is 1. The number of hydrogen-bond acceptors (Lipinski definition) is 3. The molecular weight excluding hydrogens is 262 g/mol. The van der Waals surface area contributed by atoms with Crippen molar-refractivity contribution in [2.75, 3.05) is 39.3 Å². The lowest BCUT2D eigenvalue weighted by molar-refractivity contribution is -0.138. The fourth-order valence-corrected chi connectivity index (χ4v) is 4.34. The van der Waals surface area contributed by atoms with Crippen LogP contribution in [0.1, 0.15) is 45.4 Å². The lowest BCUT2D eigenvalue weighted by atomic mass is 9.90. The van der Waals surface area contributed by atoms with Crippen LogP contribution in [0.5, 0.6) is 0 Å². The van der Waals surface area contributed by atoms with Crippen LogP contribution < -0.4 is 5.32 Å². The Morgan fingerprint density at radius 1 is 1.00 bits per heavy atom. The van der Waals surface area contributed by atoms with Gasteiger partial charge in [0.05, 0.1) is 5.92 Å². The second kappa shape index (κ2) is 7.10. The lowest BCUT2D eigenvalue weighted by Gasteiger charge is -2.41. The summed E-state index contributed by atoms with van der Waals surface area (Å²) in [4.78, 5) is 17.5. The van der Waals surface area contributed by atoms with Crippen LogP contribution in [0.2, 0.25) is 0 Å². The first-order chi connectivity index (χ1) is 10.2. The maximum Gasteiger partial charge on any atom is 0.226 e. The highest BCUT2D eigenvalue weighted by Crippen LogP contribution is 2.24. The fraction of sp³-hybridized carbons (Fsp3) is 0.941. The molecule has 0 radical (unpaired) electrons. The van der Waals surface area contributed by atoms with Gasteiger partial charge in [0, 0.05) is 25.7 Å². The molecule has 3 aliphatic rings. The van der Waals surface area contributed by atoms with Crippen molar-refractivity contribution >= 4 is 5.91 Å². The van der Waals surface area contributed by atoms with E-state index < -0.39 is 0 Å². The molecule has 3 saturated heterocycles. The molecule has 2 unspecified atom stereocenters. The van der Waals surface area contributed by atoms with Crippen LogP contribution in [0, 0.1) is 11.8 Å². The number of carbonyl (C=O) groups excluding carboxylic acids is 1. The van der Waals surface area contributed by atoms with Crippen molar-refractivity contribution in [2.24, 2.45) is 11.8 Å². The van der Waals surface area contributed by atoms with Gasteiger partial charge in [-0.3, -0.25) is 4.79 Å². The number of nitrogens with zero attached hydrogens (tertiary/aromatic N) is 2. The molecule has 0 spiro atoms. The van der Waals surface area contributed by atoms with E-state index in [-0.39, 0.29) is 5.92 Å². The van der Waals surface area contributed by atoms with Crippen LogP contribution in [0.15, 0.2) is 0 Å². The quantitative estimate of drug-likeness (QED) is 0.842. The molecular formula is C17H31N3O. The number of piperidine rings is 3. The average Bonchev–Trinajstić information content (AvgIpc) is 2.55. The van der Waals surface area contributed by atoms with E-state index in [0.29, 0.717) is 11.8 Å². The van der Waals surface area contributed by atoms with Gasteiger partial charge in [-0.25, -0.2) is 0 Å². The zero-order valence-electron chi connectivity index (χ0n) is 13.5. The van der Waals surface area contributed by atoms with E-state index in [0.717, 1.165) is 38.6 Å². The van der Waals surface area contributed by atoms with Gasteiger partial charge in [-0.05, 0) is 57.7 Å². The molecule has 3 fully saturated rings. The first-order valence-corrected chi connectivity index (χ1v) is 8.97. The van der Waals surface area contributed by atoms with Gasteiger partial charge in [0.2, 0.25) is 5.91 Å². The van der Waals surface area contributed by atoms with E-state index in [1.165, 1.54) is 45.2 Å². The van der Waals surface area contributed by atoms with Gasteiger partial charge in [-0.15, -0.1) is 0 Å². The largest absolute Gasteiger partial charge is 0.342 e. The Morgan fingerprint density at radius 2 is 1.71 bits per heavy atom. The van der Waals surface area contributed by atoms with E-state index in [9.17, 15) is 4.79 Å². The van der Waals surface area contributed by atoms with Crippen molar-refractivity contribution in [3.05, 3.63) is 0 Å². The standard InChI is InChI=1S/C17H31N3O/c1-14-11-15(13-18-12-14)17(21)20-9-5-16(6-10-20)19-7-3-2-4-8-19/h14-16,18H,2-13H2,1H3. The highest BCUT2D eigenvalue weighted by molar-refractivity contribution is 5.79. The van der Waals surface area contributed by atoms with Crippen molar-refractivity contribution in [2.45, 2.75) is 51.5 Å². The van der Waals surface area contributed by atoms with Crippen LogP contribution in [-0.2, 0) is 4.79 Å². The number of carbonyl (C=O) groups is 1. The molecule has 0 saturated carbocycles. The van der Waals surface area contributed by atoms with Gasteiger partial charge < -0.3 is 15.1 Å². The minimum atomic E-state index is 0.222. The second-order valence-electron chi connectivity index (χ2n) is 7.35. The molecule has 4 heteroatoms. The zero-order chi connectivity index (χ0) is 14.7. The van der Waals surface area contributed by atoms with Crippen molar-refractivity contribution < 1.29 is 4.79 Å².